The first-order valence-corrected chi connectivity index (χ1v) is 29.0. The molecule has 13 atom stereocenters. The van der Waals surface area contributed by atoms with Crippen molar-refractivity contribution in [3.05, 3.63) is 54.2 Å². The number of nitrogens with two attached hydrogens (primary N) is 2. The van der Waals surface area contributed by atoms with Crippen molar-refractivity contribution < 1.29 is 73.2 Å². The van der Waals surface area contributed by atoms with Crippen LogP contribution < -0.4 is 54.0 Å². The van der Waals surface area contributed by atoms with Gasteiger partial charge in [-0.05, 0) is 82.4 Å². The number of thiol groups is 1. The molecule has 470 valence electrons. The summed E-state index contributed by atoms with van der Waals surface area (Å²) in [7, 11) is 0. The molecule has 1 aliphatic heterocycles. The lowest BCUT2D eigenvalue weighted by atomic mass is 9.99. The summed E-state index contributed by atoms with van der Waals surface area (Å²) in [5.41, 5.74) is 13.5. The first kappa shape index (κ1) is 69.8. The highest BCUT2D eigenvalue weighted by Gasteiger charge is 2.42. The van der Waals surface area contributed by atoms with E-state index in [2.05, 4.69) is 70.1 Å². The number of imidazole rings is 1. The fraction of sp³-hybridized carbons (Fsp3) is 0.600. The Morgan fingerprint density at radius 3 is 1.86 bits per heavy atom. The Hall–Kier alpha value is -7.67. The number of carbonyl (C=O) groups is 11. The van der Waals surface area contributed by atoms with Crippen LogP contribution in [0.1, 0.15) is 104 Å². The standard InChI is InChI=1S/C55H84N14O15S/c1-7-28(4)43(57)53(81)65-39(22-42(72)73)50(78)67-44(29(5)70)54(82)69-18-12-16-41(69)52(80)66-40(25-85)51(79)63-37(20-31-23-59-34-14-9-8-13-33(31)34)48(76)61-35(15-10-11-17-56)46(74)62-36(19-27(2)3)47(75)64-38(21-32-24-58-26-60-32)49(77)68-45(30(6)71)55(83)84/h8-9,13-14,23-24,26-30,35-41,43-45,59,70-71,85H,7,10-12,15-22,25,56-57H2,1-6H3,(H,58,60)(H,61,76)(H,62,74)(H,63,79)(H,64,75)(H,65,81)(H,66,80)(H,67,78)(H,68,77)(H,72,73)(H,83,84)/t28-,29+,30+,35-,36-,37-,38-,39-,40-,41-,43-,44-,45-/m0/s1. The van der Waals surface area contributed by atoms with E-state index >= 15 is 0 Å². The van der Waals surface area contributed by atoms with E-state index in [0.717, 1.165) is 4.90 Å². The number of amides is 9. The molecule has 0 aliphatic carbocycles. The quantitative estimate of drug-likeness (QED) is 0.0211. The van der Waals surface area contributed by atoms with E-state index in [4.69, 9.17) is 11.5 Å². The number of aliphatic hydroxyl groups excluding tert-OH is 2. The number of hydrogen-bond acceptors (Lipinski definition) is 17. The van der Waals surface area contributed by atoms with Gasteiger partial charge in [0.1, 0.15) is 48.3 Å². The number of carboxylic acid groups (broad SMARTS) is 2. The minimum Gasteiger partial charge on any atom is -0.481 e. The Labute approximate surface area is 497 Å². The molecular formula is C55H84N14O15S. The van der Waals surface area contributed by atoms with E-state index in [1.54, 1.807) is 58.2 Å². The van der Waals surface area contributed by atoms with Crippen LogP contribution in [-0.4, -0.2) is 197 Å². The molecule has 9 amide bonds. The Kier molecular flexibility index (Phi) is 27.7. The number of para-hydroxylation sites is 1. The number of H-pyrrole nitrogens is 2. The maximum Gasteiger partial charge on any atom is 0.328 e. The molecular weight excluding hydrogens is 1130 g/mol. The second-order valence-electron chi connectivity index (χ2n) is 21.8. The number of rotatable bonds is 35. The van der Waals surface area contributed by atoms with Crippen LogP contribution >= 0.6 is 12.6 Å². The van der Waals surface area contributed by atoms with Crippen LogP contribution in [-0.2, 0) is 65.6 Å². The molecule has 18 N–H and O–H groups in total. The lowest BCUT2D eigenvalue weighted by Gasteiger charge is -2.32. The number of aromatic nitrogens is 3. The zero-order valence-electron chi connectivity index (χ0n) is 48.6. The van der Waals surface area contributed by atoms with Crippen LogP contribution in [0.3, 0.4) is 0 Å². The predicted octanol–water partition coefficient (Wildman–Crippen LogP) is -2.66. The number of hydrogen-bond donors (Lipinski definition) is 17. The molecule has 0 bridgehead atoms. The fourth-order valence-electron chi connectivity index (χ4n) is 9.50. The van der Waals surface area contributed by atoms with Crippen LogP contribution in [0, 0.1) is 11.8 Å². The van der Waals surface area contributed by atoms with Crippen LogP contribution in [0.5, 0.6) is 0 Å². The van der Waals surface area contributed by atoms with Crippen LogP contribution in [0.25, 0.3) is 10.9 Å². The van der Waals surface area contributed by atoms with Crippen LogP contribution in [0.4, 0.5) is 0 Å². The number of aromatic amines is 2. The molecule has 0 spiro atoms. The molecule has 2 aromatic heterocycles. The van der Waals surface area contributed by atoms with Crippen molar-refractivity contribution in [3.8, 4) is 0 Å². The highest BCUT2D eigenvalue weighted by Crippen LogP contribution is 2.22. The van der Waals surface area contributed by atoms with Gasteiger partial charge in [-0.1, -0.05) is 52.3 Å². The third-order valence-electron chi connectivity index (χ3n) is 14.6. The van der Waals surface area contributed by atoms with Crippen molar-refractivity contribution in [2.45, 2.75) is 178 Å². The van der Waals surface area contributed by atoms with Crippen molar-refractivity contribution in [1.82, 2.24) is 62.4 Å². The van der Waals surface area contributed by atoms with Gasteiger partial charge in [-0.15, -0.1) is 0 Å². The topological polar surface area (TPSA) is 465 Å². The maximum atomic E-state index is 14.7. The van der Waals surface area contributed by atoms with Gasteiger partial charge in [0.25, 0.3) is 0 Å². The number of aliphatic carboxylic acids is 2. The molecule has 0 saturated carbocycles. The molecule has 3 aromatic rings. The lowest BCUT2D eigenvalue weighted by molar-refractivity contribution is -0.145. The summed E-state index contributed by atoms with van der Waals surface area (Å²) in [6.07, 6.45) is 1.58. The molecule has 1 fully saturated rings. The first-order chi connectivity index (χ1) is 40.2. The number of fused-ring (bicyclic) bond motifs is 1. The van der Waals surface area contributed by atoms with Gasteiger partial charge in [-0.3, -0.25) is 47.9 Å². The monoisotopic (exact) mass is 1210 g/mol. The molecule has 29 nitrogen and oxygen atoms in total. The minimum atomic E-state index is -1.73. The molecule has 0 radical (unpaired) electrons. The number of nitrogens with zero attached hydrogens (tertiary/aromatic N) is 2. The van der Waals surface area contributed by atoms with Crippen LogP contribution in [0.2, 0.25) is 0 Å². The van der Waals surface area contributed by atoms with Gasteiger partial charge in [-0.25, -0.2) is 9.78 Å². The molecule has 30 heteroatoms. The van der Waals surface area contributed by atoms with E-state index in [1.807, 2.05) is 0 Å². The van der Waals surface area contributed by atoms with Crippen LogP contribution in [0.15, 0.2) is 43.0 Å². The number of benzene rings is 1. The third kappa shape index (κ3) is 20.8. The lowest BCUT2D eigenvalue weighted by Crippen LogP contribution is -2.62. The Morgan fingerprint density at radius 2 is 1.27 bits per heavy atom. The zero-order chi connectivity index (χ0) is 63.2. The molecule has 1 aromatic carbocycles. The number of unbranched alkanes of at least 4 members (excludes halogenated alkanes) is 1. The average Bonchev–Trinajstić information content (AvgIpc) is 4.46. The molecule has 1 aliphatic rings. The summed E-state index contributed by atoms with van der Waals surface area (Å²) in [5, 5.41) is 61.0. The molecule has 4 rings (SSSR count). The summed E-state index contributed by atoms with van der Waals surface area (Å²) in [4.78, 5) is 161. The van der Waals surface area contributed by atoms with Gasteiger partial charge in [0.2, 0.25) is 53.2 Å². The number of likely N-dealkylation sites (tertiary alicyclic amines) is 1. The molecule has 3 heterocycles. The van der Waals surface area contributed by atoms with Crippen molar-refractivity contribution in [1.29, 1.82) is 0 Å². The smallest absolute Gasteiger partial charge is 0.328 e. The fourth-order valence-corrected chi connectivity index (χ4v) is 9.76. The Bertz CT molecular complexity index is 2780. The number of nitrogens with one attached hydrogen (secondary N) is 10. The van der Waals surface area contributed by atoms with E-state index < -0.39 is 144 Å². The third-order valence-corrected chi connectivity index (χ3v) is 14.9. The second kappa shape index (κ2) is 33.7. The zero-order valence-corrected chi connectivity index (χ0v) is 49.5. The summed E-state index contributed by atoms with van der Waals surface area (Å²) in [6, 6.07) is -7.41. The number of carboxylic acids is 2. The summed E-state index contributed by atoms with van der Waals surface area (Å²) >= 11 is 4.35. The first-order valence-electron chi connectivity index (χ1n) is 28.3. The normalized spacial score (nSPS) is 17.5. The SMILES string of the molecule is CC[C@H](C)[C@H](N)C(=O)N[C@@H](CC(=O)O)C(=O)N[C@H](C(=O)N1CCC[C@H]1C(=O)N[C@@H](CS)C(=O)N[C@@H](Cc1c[nH]c2ccccc12)C(=O)N[C@@H](CCCCN)C(=O)N[C@@H](CC(C)C)C(=O)N[C@@H](Cc1cnc[nH]1)C(=O)N[C@H](C(=O)O)[C@@H](C)O)[C@@H](C)O. The van der Waals surface area contributed by atoms with Crippen molar-refractivity contribution >= 4 is 88.6 Å². The molecule has 0 unspecified atom stereocenters. The van der Waals surface area contributed by atoms with E-state index in [-0.39, 0.29) is 69.2 Å². The van der Waals surface area contributed by atoms with Gasteiger partial charge in [-0.2, -0.15) is 12.6 Å². The number of carbonyl (C=O) groups excluding carboxylic acids is 9. The van der Waals surface area contributed by atoms with E-state index in [0.29, 0.717) is 41.4 Å². The van der Waals surface area contributed by atoms with Gasteiger partial charge >= 0.3 is 11.9 Å². The molecule has 1 saturated heterocycles. The minimum absolute atomic E-state index is 0.00256. The number of aliphatic hydroxyl groups is 2. The summed E-state index contributed by atoms with van der Waals surface area (Å²) in [6.45, 7) is 9.58. The van der Waals surface area contributed by atoms with Gasteiger partial charge < -0.3 is 89.3 Å². The highest BCUT2D eigenvalue weighted by atomic mass is 32.1. The van der Waals surface area contributed by atoms with Gasteiger partial charge in [0, 0.05) is 54.1 Å². The maximum absolute atomic E-state index is 14.7. The van der Waals surface area contributed by atoms with Crippen molar-refractivity contribution in [2.24, 2.45) is 23.3 Å². The molecule has 85 heavy (non-hydrogen) atoms. The highest BCUT2D eigenvalue weighted by molar-refractivity contribution is 7.80. The van der Waals surface area contributed by atoms with E-state index in [1.165, 1.54) is 26.4 Å². The second-order valence-corrected chi connectivity index (χ2v) is 22.2. The summed E-state index contributed by atoms with van der Waals surface area (Å²) < 4.78 is 0. The average molecular weight is 1210 g/mol. The Morgan fingerprint density at radius 1 is 0.706 bits per heavy atom. The van der Waals surface area contributed by atoms with E-state index in [9.17, 15) is 73.2 Å². The Balaban J connectivity index is 1.59. The van der Waals surface area contributed by atoms with Crippen molar-refractivity contribution in [3.63, 3.8) is 0 Å². The van der Waals surface area contributed by atoms with Gasteiger partial charge in [0.15, 0.2) is 6.04 Å². The van der Waals surface area contributed by atoms with Gasteiger partial charge in [0.05, 0.1) is 31.0 Å². The van der Waals surface area contributed by atoms with Crippen molar-refractivity contribution in [2.75, 3.05) is 18.8 Å². The largest absolute Gasteiger partial charge is 0.481 e. The predicted molar refractivity (Wildman–Crippen MR) is 311 cm³/mol. The summed E-state index contributed by atoms with van der Waals surface area (Å²) in [5.74, 6) is -12.0.